The van der Waals surface area contributed by atoms with E-state index in [1.54, 1.807) is 0 Å². The third-order valence-electron chi connectivity index (χ3n) is 2.60. The van der Waals surface area contributed by atoms with Crippen molar-refractivity contribution in [1.29, 1.82) is 0 Å². The average Bonchev–Trinajstić information content (AvgIpc) is 2.28. The van der Waals surface area contributed by atoms with Gasteiger partial charge in [0.15, 0.2) is 5.78 Å². The molecule has 0 atom stereocenters. The molecule has 15 heavy (non-hydrogen) atoms. The quantitative estimate of drug-likeness (QED) is 0.587. The number of hydrogen-bond donors (Lipinski definition) is 0. The van der Waals surface area contributed by atoms with E-state index in [1.165, 1.54) is 11.1 Å². The Morgan fingerprint density at radius 2 is 1.73 bits per heavy atom. The number of aryl methyl sites for hydroxylation is 2. The Hall–Kier alpha value is -0.630. The summed E-state index contributed by atoms with van der Waals surface area (Å²) in [5.41, 5.74) is 3.32. The van der Waals surface area contributed by atoms with Crippen LogP contribution in [0.4, 0.5) is 0 Å². The lowest BCUT2D eigenvalue weighted by atomic mass is 9.93. The molecule has 1 aromatic rings. The van der Waals surface area contributed by atoms with Gasteiger partial charge >= 0.3 is 0 Å². The van der Waals surface area contributed by atoms with E-state index in [0.717, 1.165) is 23.7 Å². The molecule has 0 amide bonds. The van der Waals surface area contributed by atoms with Gasteiger partial charge in [0, 0.05) is 17.3 Å². The van der Waals surface area contributed by atoms with E-state index in [1.807, 2.05) is 6.07 Å². The first kappa shape index (κ1) is 12.4. The van der Waals surface area contributed by atoms with Gasteiger partial charge < -0.3 is 0 Å². The Morgan fingerprint density at radius 1 is 1.20 bits per heavy atom. The largest absolute Gasteiger partial charge is 0.294 e. The maximum Gasteiger partial charge on any atom is 0.164 e. The van der Waals surface area contributed by atoms with Crippen LogP contribution in [-0.4, -0.2) is 11.1 Å². The van der Waals surface area contributed by atoms with Gasteiger partial charge in [0.25, 0.3) is 0 Å². The summed E-state index contributed by atoms with van der Waals surface area (Å²) in [6.07, 6.45) is 2.44. The molecule has 0 aromatic heterocycles. The maximum absolute atomic E-state index is 12.0. The maximum atomic E-state index is 12.0. The molecule has 0 spiro atoms. The average molecular weight is 269 g/mol. The fourth-order valence-electron chi connectivity index (χ4n) is 1.81. The number of carbonyl (C=O) groups is 1. The Kier molecular flexibility index (Phi) is 5.03. The molecule has 0 heterocycles. The lowest BCUT2D eigenvalue weighted by Gasteiger charge is -2.11. The van der Waals surface area contributed by atoms with E-state index in [2.05, 4.69) is 41.9 Å². The molecule has 0 aliphatic heterocycles. The molecule has 1 rings (SSSR count). The predicted octanol–water partition coefficient (Wildman–Crippen LogP) is 3.78. The Labute approximate surface area is 100 Å². The zero-order chi connectivity index (χ0) is 11.3. The summed E-state index contributed by atoms with van der Waals surface area (Å²) in [7, 11) is 0. The van der Waals surface area contributed by atoms with Crippen LogP contribution in [0.25, 0.3) is 0 Å². The highest BCUT2D eigenvalue weighted by molar-refractivity contribution is 9.09. The molecule has 0 saturated carbocycles. The molecule has 0 unspecified atom stereocenters. The van der Waals surface area contributed by atoms with Crippen molar-refractivity contribution in [1.82, 2.24) is 0 Å². The second-order valence-corrected chi connectivity index (χ2v) is 4.31. The topological polar surface area (TPSA) is 17.1 Å². The number of halogens is 1. The Balaban J connectivity index is 3.15. The monoisotopic (exact) mass is 268 g/mol. The van der Waals surface area contributed by atoms with Crippen LogP contribution in [0, 0.1) is 0 Å². The first-order valence-corrected chi connectivity index (χ1v) is 6.56. The summed E-state index contributed by atoms with van der Waals surface area (Å²) in [4.78, 5) is 12.0. The molecule has 0 N–H and O–H groups in total. The molecule has 2 heteroatoms. The molecule has 0 aliphatic rings. The van der Waals surface area contributed by atoms with Crippen molar-refractivity contribution in [3.63, 3.8) is 0 Å². The van der Waals surface area contributed by atoms with Gasteiger partial charge in [-0.05, 0) is 24.0 Å². The first-order valence-electron chi connectivity index (χ1n) is 5.44. The summed E-state index contributed by atoms with van der Waals surface area (Å²) < 4.78 is 0. The van der Waals surface area contributed by atoms with E-state index < -0.39 is 0 Å². The predicted molar refractivity (Wildman–Crippen MR) is 67.9 cm³/mol. The molecule has 0 fully saturated rings. The van der Waals surface area contributed by atoms with Crippen molar-refractivity contribution in [3.05, 3.63) is 34.9 Å². The normalized spacial score (nSPS) is 10.3. The lowest BCUT2D eigenvalue weighted by molar-refractivity contribution is 0.0988. The van der Waals surface area contributed by atoms with Gasteiger partial charge in [-0.1, -0.05) is 48.0 Å². The van der Waals surface area contributed by atoms with Crippen molar-refractivity contribution in [3.8, 4) is 0 Å². The van der Waals surface area contributed by atoms with Crippen molar-refractivity contribution < 1.29 is 4.79 Å². The summed E-state index contributed by atoms with van der Waals surface area (Å²) >= 11 is 3.32. The zero-order valence-corrected chi connectivity index (χ0v) is 10.9. The van der Waals surface area contributed by atoms with Crippen LogP contribution in [0.3, 0.4) is 0 Å². The van der Waals surface area contributed by atoms with Gasteiger partial charge in [-0.15, -0.1) is 0 Å². The number of carbonyl (C=O) groups excluding carboxylic acids is 1. The zero-order valence-electron chi connectivity index (χ0n) is 9.35. The van der Waals surface area contributed by atoms with Crippen LogP contribution in [0.2, 0.25) is 0 Å². The number of benzene rings is 1. The Morgan fingerprint density at radius 3 is 2.13 bits per heavy atom. The molecule has 0 saturated heterocycles. The third-order valence-corrected chi connectivity index (χ3v) is 3.00. The fourth-order valence-corrected chi connectivity index (χ4v) is 2.17. The summed E-state index contributed by atoms with van der Waals surface area (Å²) in [5.74, 6) is 0.265. The van der Waals surface area contributed by atoms with Crippen LogP contribution in [0.5, 0.6) is 0 Å². The van der Waals surface area contributed by atoms with E-state index in [-0.39, 0.29) is 5.78 Å². The van der Waals surface area contributed by atoms with Crippen LogP contribution < -0.4 is 0 Å². The highest BCUT2D eigenvalue weighted by Crippen LogP contribution is 2.18. The summed E-state index contributed by atoms with van der Waals surface area (Å²) in [5, 5.41) is 0.743. The van der Waals surface area contributed by atoms with Crippen LogP contribution >= 0.6 is 15.9 Å². The lowest BCUT2D eigenvalue weighted by Crippen LogP contribution is -2.08. The SMILES string of the molecule is CCc1cccc(CC)c1C(=O)CCBr. The molecular weight excluding hydrogens is 252 g/mol. The van der Waals surface area contributed by atoms with Gasteiger partial charge in [-0.2, -0.15) is 0 Å². The van der Waals surface area contributed by atoms with Crippen LogP contribution in [-0.2, 0) is 12.8 Å². The molecule has 0 bridgehead atoms. The van der Waals surface area contributed by atoms with Gasteiger partial charge in [-0.3, -0.25) is 4.79 Å². The van der Waals surface area contributed by atoms with E-state index >= 15 is 0 Å². The highest BCUT2D eigenvalue weighted by atomic mass is 79.9. The number of alkyl halides is 1. The minimum atomic E-state index is 0.265. The Bertz CT molecular complexity index is 322. The van der Waals surface area contributed by atoms with Gasteiger partial charge in [0.05, 0.1) is 0 Å². The van der Waals surface area contributed by atoms with E-state index in [4.69, 9.17) is 0 Å². The molecule has 82 valence electrons. The van der Waals surface area contributed by atoms with Crippen LogP contribution in [0.1, 0.15) is 41.8 Å². The summed E-state index contributed by atoms with van der Waals surface area (Å²) in [6, 6.07) is 6.16. The number of rotatable bonds is 5. The minimum Gasteiger partial charge on any atom is -0.294 e. The van der Waals surface area contributed by atoms with Gasteiger partial charge in [0.2, 0.25) is 0 Å². The van der Waals surface area contributed by atoms with Crippen molar-refractivity contribution >= 4 is 21.7 Å². The van der Waals surface area contributed by atoms with Gasteiger partial charge in [-0.25, -0.2) is 0 Å². The number of hydrogen-bond acceptors (Lipinski definition) is 1. The molecule has 0 radical (unpaired) electrons. The van der Waals surface area contributed by atoms with E-state index in [9.17, 15) is 4.79 Å². The molecule has 1 aromatic carbocycles. The van der Waals surface area contributed by atoms with E-state index in [0.29, 0.717) is 6.42 Å². The standard InChI is InChI=1S/C13H17BrO/c1-3-10-6-5-7-11(4-2)13(10)12(15)8-9-14/h5-7H,3-4,8-9H2,1-2H3. The molecule has 1 nitrogen and oxygen atoms in total. The fraction of sp³-hybridized carbons (Fsp3) is 0.462. The summed E-state index contributed by atoms with van der Waals surface area (Å²) in [6.45, 7) is 4.19. The minimum absolute atomic E-state index is 0.265. The van der Waals surface area contributed by atoms with Crippen LogP contribution in [0.15, 0.2) is 18.2 Å². The molecular formula is C13H17BrO. The van der Waals surface area contributed by atoms with Crippen molar-refractivity contribution in [2.75, 3.05) is 5.33 Å². The second-order valence-electron chi connectivity index (χ2n) is 3.52. The van der Waals surface area contributed by atoms with Crippen molar-refractivity contribution in [2.45, 2.75) is 33.1 Å². The third kappa shape index (κ3) is 2.91. The first-order chi connectivity index (χ1) is 7.24. The highest BCUT2D eigenvalue weighted by Gasteiger charge is 2.13. The van der Waals surface area contributed by atoms with Gasteiger partial charge in [0.1, 0.15) is 0 Å². The number of Topliss-reactive ketones (excluding diaryl/α,β-unsaturated/α-hetero) is 1. The number of ketones is 1. The second kappa shape index (κ2) is 6.06. The molecule has 0 aliphatic carbocycles. The smallest absolute Gasteiger partial charge is 0.164 e. The van der Waals surface area contributed by atoms with Crippen molar-refractivity contribution in [2.24, 2.45) is 0 Å².